The number of halogens is 3. The van der Waals surface area contributed by atoms with Crippen molar-refractivity contribution in [1.29, 1.82) is 0 Å². The van der Waals surface area contributed by atoms with Crippen molar-refractivity contribution in [1.82, 2.24) is 14.5 Å². The van der Waals surface area contributed by atoms with Gasteiger partial charge in [-0.25, -0.2) is 18.6 Å². The minimum Gasteiger partial charge on any atom is -0.465 e. The Morgan fingerprint density at radius 1 is 1.50 bits per heavy atom. The van der Waals surface area contributed by atoms with Crippen molar-refractivity contribution in [2.75, 3.05) is 13.1 Å². The average Bonchev–Trinajstić information content (AvgIpc) is 2.54. The molecule has 0 bridgehead atoms. The number of aromatic nitrogens is 2. The van der Waals surface area contributed by atoms with Crippen molar-refractivity contribution in [2.45, 2.75) is 31.4 Å². The van der Waals surface area contributed by atoms with E-state index in [0.717, 1.165) is 4.57 Å². The molecule has 2 heterocycles. The Morgan fingerprint density at radius 3 is 2.77 bits per heavy atom. The number of fused-ring (bicyclic) bond motifs is 1. The Bertz CT molecular complexity index is 932. The lowest BCUT2D eigenvalue weighted by Gasteiger charge is -2.38. The molecule has 1 aromatic carbocycles. The van der Waals surface area contributed by atoms with Crippen LogP contribution in [0.1, 0.15) is 31.3 Å². The molecule has 1 aliphatic heterocycles. The summed E-state index contributed by atoms with van der Waals surface area (Å²) in [6.07, 6.45) is -1.67. The van der Waals surface area contributed by atoms with E-state index in [4.69, 9.17) is 22.4 Å². The molecule has 3 N–H and O–H groups in total. The molecule has 1 fully saturated rings. The monoisotopic (exact) mass is 386 g/mol. The Kier molecular flexibility index (Phi) is 4.61. The number of nitrogens with two attached hydrogens (primary N) is 1. The molecule has 0 spiro atoms. The van der Waals surface area contributed by atoms with Gasteiger partial charge in [0.1, 0.15) is 11.9 Å². The summed E-state index contributed by atoms with van der Waals surface area (Å²) in [6.45, 7) is 0.415. The van der Waals surface area contributed by atoms with Crippen LogP contribution in [0.2, 0.25) is 5.02 Å². The first-order chi connectivity index (χ1) is 12.1. The maximum Gasteiger partial charge on any atom is 0.407 e. The fourth-order valence-corrected chi connectivity index (χ4v) is 3.50. The summed E-state index contributed by atoms with van der Waals surface area (Å²) in [6, 6.07) is 2.31. The Hall–Kier alpha value is -2.26. The number of piperidine rings is 1. The van der Waals surface area contributed by atoms with E-state index in [1.54, 1.807) is 19.1 Å². The number of carboxylic acid groups (broad SMARTS) is 1. The second-order valence-electron chi connectivity index (χ2n) is 6.34. The van der Waals surface area contributed by atoms with E-state index in [1.807, 2.05) is 0 Å². The van der Waals surface area contributed by atoms with Gasteiger partial charge in [-0.2, -0.15) is 0 Å². The zero-order chi connectivity index (χ0) is 19.2. The molecule has 3 rings (SSSR count). The minimum absolute atomic E-state index is 0.0122. The maximum absolute atomic E-state index is 14.7. The van der Waals surface area contributed by atoms with Crippen LogP contribution in [0.3, 0.4) is 0 Å². The quantitative estimate of drug-likeness (QED) is 0.826. The highest BCUT2D eigenvalue weighted by Gasteiger charge is 2.48. The molecule has 2 atom stereocenters. The van der Waals surface area contributed by atoms with Crippen LogP contribution < -0.4 is 11.3 Å². The largest absolute Gasteiger partial charge is 0.465 e. The average molecular weight is 387 g/mol. The number of rotatable bonds is 2. The van der Waals surface area contributed by atoms with Crippen LogP contribution in [0.15, 0.2) is 23.0 Å². The van der Waals surface area contributed by atoms with Crippen LogP contribution in [-0.4, -0.2) is 44.7 Å². The van der Waals surface area contributed by atoms with Crippen molar-refractivity contribution in [3.8, 4) is 0 Å². The van der Waals surface area contributed by atoms with Gasteiger partial charge in [0.05, 0.1) is 28.5 Å². The number of hydrogen-bond donors (Lipinski definition) is 2. The first kappa shape index (κ1) is 18.5. The van der Waals surface area contributed by atoms with Crippen LogP contribution in [0.25, 0.3) is 10.9 Å². The van der Waals surface area contributed by atoms with E-state index in [9.17, 15) is 18.4 Å². The van der Waals surface area contributed by atoms with Crippen LogP contribution in [-0.2, 0) is 0 Å². The SMILES string of the molecule is C[C@H](N)c1nc2cccc(Cl)c2c(=O)n1C1CCN(C(=O)O)CC1(F)F. The molecule has 1 unspecified atom stereocenters. The molecule has 0 saturated carbocycles. The molecule has 2 aromatic rings. The van der Waals surface area contributed by atoms with E-state index < -0.39 is 36.2 Å². The molecule has 26 heavy (non-hydrogen) atoms. The second kappa shape index (κ2) is 6.48. The fraction of sp³-hybridized carbons (Fsp3) is 0.438. The molecular weight excluding hydrogens is 370 g/mol. The van der Waals surface area contributed by atoms with Crippen molar-refractivity contribution in [2.24, 2.45) is 5.73 Å². The first-order valence-corrected chi connectivity index (χ1v) is 8.33. The second-order valence-corrected chi connectivity index (χ2v) is 6.74. The van der Waals surface area contributed by atoms with Gasteiger partial charge in [0.15, 0.2) is 0 Å². The smallest absolute Gasteiger partial charge is 0.407 e. The lowest BCUT2D eigenvalue weighted by Crippen LogP contribution is -2.53. The number of carbonyl (C=O) groups is 1. The lowest BCUT2D eigenvalue weighted by atomic mass is 9.99. The lowest BCUT2D eigenvalue weighted by molar-refractivity contribution is -0.0988. The molecule has 10 heteroatoms. The fourth-order valence-electron chi connectivity index (χ4n) is 3.25. The minimum atomic E-state index is -3.46. The van der Waals surface area contributed by atoms with Crippen molar-refractivity contribution in [3.05, 3.63) is 39.4 Å². The molecule has 1 aliphatic rings. The number of amides is 1. The molecule has 140 valence electrons. The third-order valence-electron chi connectivity index (χ3n) is 4.46. The Morgan fingerprint density at radius 2 is 2.19 bits per heavy atom. The predicted molar refractivity (Wildman–Crippen MR) is 91.8 cm³/mol. The van der Waals surface area contributed by atoms with E-state index >= 15 is 0 Å². The summed E-state index contributed by atoms with van der Waals surface area (Å²) in [5.74, 6) is -3.45. The van der Waals surface area contributed by atoms with Crippen LogP contribution >= 0.6 is 11.6 Å². The standard InChI is InChI=1S/C16H17ClF2N4O3/c1-8(20)13-21-10-4-2-3-9(17)12(10)14(24)23(13)11-5-6-22(15(25)26)7-16(11,18)19/h2-4,8,11H,5-7,20H2,1H3,(H,25,26)/t8-,11?/m0/s1. The Labute approximate surface area is 152 Å². The summed E-state index contributed by atoms with van der Waals surface area (Å²) in [5, 5.41) is 9.12. The summed E-state index contributed by atoms with van der Waals surface area (Å²) in [7, 11) is 0. The number of alkyl halides is 2. The van der Waals surface area contributed by atoms with Crippen molar-refractivity contribution in [3.63, 3.8) is 0 Å². The summed E-state index contributed by atoms with van der Waals surface area (Å²) >= 11 is 6.08. The highest BCUT2D eigenvalue weighted by molar-refractivity contribution is 6.35. The topological polar surface area (TPSA) is 101 Å². The van der Waals surface area contributed by atoms with Gasteiger partial charge in [-0.05, 0) is 25.5 Å². The molecule has 0 radical (unpaired) electrons. The molecule has 1 amide bonds. The zero-order valence-electron chi connectivity index (χ0n) is 13.8. The van der Waals surface area contributed by atoms with Gasteiger partial charge in [0.25, 0.3) is 11.5 Å². The molecule has 7 nitrogen and oxygen atoms in total. The number of benzene rings is 1. The van der Waals surface area contributed by atoms with Gasteiger partial charge in [-0.1, -0.05) is 17.7 Å². The van der Waals surface area contributed by atoms with E-state index in [-0.39, 0.29) is 34.7 Å². The van der Waals surface area contributed by atoms with Gasteiger partial charge >= 0.3 is 6.09 Å². The van der Waals surface area contributed by atoms with Gasteiger partial charge < -0.3 is 15.7 Å². The van der Waals surface area contributed by atoms with Crippen molar-refractivity contribution < 1.29 is 18.7 Å². The predicted octanol–water partition coefficient (Wildman–Crippen LogP) is 2.63. The number of nitrogens with zero attached hydrogens (tertiary/aromatic N) is 3. The van der Waals surface area contributed by atoms with Crippen LogP contribution in [0.4, 0.5) is 13.6 Å². The third-order valence-corrected chi connectivity index (χ3v) is 4.77. The third kappa shape index (κ3) is 3.01. The molecule has 1 aromatic heterocycles. The van der Waals surface area contributed by atoms with Crippen LogP contribution in [0, 0.1) is 0 Å². The van der Waals surface area contributed by atoms with E-state index in [1.165, 1.54) is 6.07 Å². The van der Waals surface area contributed by atoms with E-state index in [0.29, 0.717) is 4.90 Å². The van der Waals surface area contributed by atoms with Crippen molar-refractivity contribution >= 4 is 28.6 Å². The normalized spacial score (nSPS) is 21.0. The molecular formula is C16H17ClF2N4O3. The number of likely N-dealkylation sites (tertiary alicyclic amines) is 1. The number of hydrogen-bond acceptors (Lipinski definition) is 4. The highest BCUT2D eigenvalue weighted by atomic mass is 35.5. The van der Waals surface area contributed by atoms with Crippen LogP contribution in [0.5, 0.6) is 0 Å². The first-order valence-electron chi connectivity index (χ1n) is 7.95. The Balaban J connectivity index is 2.22. The maximum atomic E-state index is 14.7. The summed E-state index contributed by atoms with van der Waals surface area (Å²) in [5.41, 5.74) is 5.45. The molecule has 1 saturated heterocycles. The van der Waals surface area contributed by atoms with E-state index in [2.05, 4.69) is 4.98 Å². The highest BCUT2D eigenvalue weighted by Crippen LogP contribution is 2.37. The molecule has 0 aliphatic carbocycles. The van der Waals surface area contributed by atoms with Gasteiger partial charge in [-0.3, -0.25) is 9.36 Å². The zero-order valence-corrected chi connectivity index (χ0v) is 14.6. The van der Waals surface area contributed by atoms with Gasteiger partial charge in [0.2, 0.25) is 0 Å². The van der Waals surface area contributed by atoms with Gasteiger partial charge in [0, 0.05) is 6.54 Å². The summed E-state index contributed by atoms with van der Waals surface area (Å²) < 4.78 is 30.3. The summed E-state index contributed by atoms with van der Waals surface area (Å²) in [4.78, 5) is 28.9. The van der Waals surface area contributed by atoms with Gasteiger partial charge in [-0.15, -0.1) is 0 Å².